The Balaban J connectivity index is 1.61. The number of hydrogen-bond donors (Lipinski definition) is 3. The van der Waals surface area contributed by atoms with Crippen LogP contribution in [-0.4, -0.2) is 28.3 Å². The maximum atomic E-state index is 13.8. The zero-order valence-electron chi connectivity index (χ0n) is 14.4. The quantitative estimate of drug-likeness (QED) is 0.665. The van der Waals surface area contributed by atoms with Crippen LogP contribution >= 0.6 is 0 Å². The van der Waals surface area contributed by atoms with E-state index < -0.39 is 5.82 Å². The third-order valence-electron chi connectivity index (χ3n) is 4.51. The second kappa shape index (κ2) is 7.03. The summed E-state index contributed by atoms with van der Waals surface area (Å²) in [5.74, 6) is -0.843. The number of nitrogens with zero attached hydrogens (tertiary/aromatic N) is 1. The van der Waals surface area contributed by atoms with Crippen LogP contribution in [0.4, 0.5) is 4.39 Å². The van der Waals surface area contributed by atoms with Crippen molar-refractivity contribution in [2.75, 3.05) is 6.54 Å². The molecule has 7 heteroatoms. The van der Waals surface area contributed by atoms with Crippen LogP contribution in [0.3, 0.4) is 0 Å². The van der Waals surface area contributed by atoms with Gasteiger partial charge in [-0.1, -0.05) is 6.08 Å². The van der Waals surface area contributed by atoms with Crippen LogP contribution < -0.4 is 10.6 Å². The lowest BCUT2D eigenvalue weighted by Crippen LogP contribution is -2.23. The molecule has 27 heavy (non-hydrogen) atoms. The van der Waals surface area contributed by atoms with Crippen molar-refractivity contribution in [3.05, 3.63) is 71.4 Å². The number of aromatic amines is 1. The highest BCUT2D eigenvalue weighted by Crippen LogP contribution is 2.32. The minimum Gasteiger partial charge on any atom is -0.352 e. The van der Waals surface area contributed by atoms with Crippen molar-refractivity contribution in [1.29, 1.82) is 0 Å². The topological polar surface area (TPSA) is 86.9 Å². The van der Waals surface area contributed by atoms with Gasteiger partial charge in [-0.25, -0.2) is 4.39 Å². The van der Waals surface area contributed by atoms with Crippen molar-refractivity contribution < 1.29 is 14.0 Å². The van der Waals surface area contributed by atoms with Gasteiger partial charge in [0.05, 0.1) is 6.42 Å². The molecule has 0 aliphatic carbocycles. The molecule has 1 aliphatic rings. The fourth-order valence-corrected chi connectivity index (χ4v) is 3.22. The number of pyridine rings is 1. The number of carbonyl (C=O) groups excluding carboxylic acids is 2. The van der Waals surface area contributed by atoms with Gasteiger partial charge in [-0.2, -0.15) is 0 Å². The molecule has 0 bridgehead atoms. The van der Waals surface area contributed by atoms with Gasteiger partial charge in [-0.15, -0.1) is 0 Å². The first-order valence-electron chi connectivity index (χ1n) is 8.56. The number of hydrogen-bond acceptors (Lipinski definition) is 3. The average molecular weight is 364 g/mol. The van der Waals surface area contributed by atoms with Crippen molar-refractivity contribution >= 4 is 28.3 Å². The summed E-state index contributed by atoms with van der Waals surface area (Å²) >= 11 is 0. The number of carbonyl (C=O) groups is 2. The van der Waals surface area contributed by atoms with Gasteiger partial charge in [0.2, 0.25) is 5.91 Å². The van der Waals surface area contributed by atoms with Crippen LogP contribution in [0.2, 0.25) is 0 Å². The Bertz CT molecular complexity index is 1060. The van der Waals surface area contributed by atoms with E-state index in [2.05, 4.69) is 20.6 Å². The Morgan fingerprint density at radius 2 is 2.04 bits per heavy atom. The summed E-state index contributed by atoms with van der Waals surface area (Å²) in [6, 6.07) is 7.96. The first-order valence-corrected chi connectivity index (χ1v) is 8.56. The summed E-state index contributed by atoms with van der Waals surface area (Å²) in [5.41, 5.74) is 3.22. The van der Waals surface area contributed by atoms with Gasteiger partial charge >= 0.3 is 0 Å². The van der Waals surface area contributed by atoms with Gasteiger partial charge in [0.25, 0.3) is 5.91 Å². The van der Waals surface area contributed by atoms with Gasteiger partial charge in [-0.05, 0) is 41.5 Å². The zero-order valence-corrected chi connectivity index (χ0v) is 14.4. The molecule has 0 saturated heterocycles. The van der Waals surface area contributed by atoms with Gasteiger partial charge in [0.1, 0.15) is 11.5 Å². The molecule has 2 amide bonds. The van der Waals surface area contributed by atoms with E-state index in [0.717, 1.165) is 5.56 Å². The molecule has 3 aromatic rings. The molecule has 6 nitrogen and oxygen atoms in total. The summed E-state index contributed by atoms with van der Waals surface area (Å²) < 4.78 is 13.8. The van der Waals surface area contributed by atoms with Crippen molar-refractivity contribution in [3.63, 3.8) is 0 Å². The van der Waals surface area contributed by atoms with Gasteiger partial charge < -0.3 is 15.6 Å². The predicted molar refractivity (Wildman–Crippen MR) is 99.3 cm³/mol. The van der Waals surface area contributed by atoms with Crippen LogP contribution in [0.1, 0.15) is 28.0 Å². The van der Waals surface area contributed by atoms with Gasteiger partial charge in [0, 0.05) is 41.9 Å². The molecule has 0 atom stereocenters. The molecule has 3 N–H and O–H groups in total. The number of H-pyrrole nitrogens is 1. The number of halogens is 1. The lowest BCUT2D eigenvalue weighted by atomic mass is 9.98. The Labute approximate surface area is 154 Å². The Kier molecular flexibility index (Phi) is 4.42. The summed E-state index contributed by atoms with van der Waals surface area (Å²) in [6.07, 6.45) is 5.23. The number of benzene rings is 1. The highest BCUT2D eigenvalue weighted by Gasteiger charge is 2.24. The second-order valence-electron chi connectivity index (χ2n) is 6.31. The fourth-order valence-electron chi connectivity index (χ4n) is 3.22. The number of fused-ring (bicyclic) bond motifs is 3. The minimum atomic E-state index is -0.393. The van der Waals surface area contributed by atoms with E-state index in [1.54, 1.807) is 24.5 Å². The highest BCUT2D eigenvalue weighted by molar-refractivity contribution is 6.09. The fraction of sp³-hybridized carbons (Fsp3) is 0.150. The van der Waals surface area contributed by atoms with Crippen LogP contribution in [0.5, 0.6) is 0 Å². The second-order valence-corrected chi connectivity index (χ2v) is 6.31. The lowest BCUT2D eigenvalue weighted by molar-refractivity contribution is -0.120. The molecule has 0 unspecified atom stereocenters. The Morgan fingerprint density at radius 3 is 2.85 bits per heavy atom. The number of amides is 2. The van der Waals surface area contributed by atoms with E-state index in [0.29, 0.717) is 40.8 Å². The molecule has 1 aromatic carbocycles. The first-order chi connectivity index (χ1) is 13.1. The van der Waals surface area contributed by atoms with Gasteiger partial charge in [-0.3, -0.25) is 14.6 Å². The standard InChI is InChI=1S/C20H17FN4O2/c21-14-1-2-16-15(10-14)18-13(5-8-23-20(27)19(18)25-16)9-17(26)24-11-12-3-6-22-7-4-12/h1-7,10,25H,8-9,11H2,(H,23,27)(H,24,26). The van der Waals surface area contributed by atoms with Gasteiger partial charge in [0.15, 0.2) is 0 Å². The smallest absolute Gasteiger partial charge is 0.268 e. The molecule has 0 radical (unpaired) electrons. The molecular formula is C20H17FN4O2. The van der Waals surface area contributed by atoms with E-state index in [1.807, 2.05) is 12.1 Å². The summed E-state index contributed by atoms with van der Waals surface area (Å²) in [7, 11) is 0. The van der Waals surface area contributed by atoms with Crippen molar-refractivity contribution in [3.8, 4) is 0 Å². The highest BCUT2D eigenvalue weighted by atomic mass is 19.1. The molecule has 1 aliphatic heterocycles. The van der Waals surface area contributed by atoms with Crippen molar-refractivity contribution in [2.45, 2.75) is 13.0 Å². The molecule has 0 fully saturated rings. The summed E-state index contributed by atoms with van der Waals surface area (Å²) in [5, 5.41) is 6.21. The number of rotatable bonds is 4. The third-order valence-corrected chi connectivity index (χ3v) is 4.51. The summed E-state index contributed by atoms with van der Waals surface area (Å²) in [4.78, 5) is 31.8. The minimum absolute atomic E-state index is 0.0938. The maximum absolute atomic E-state index is 13.8. The van der Waals surface area contributed by atoms with Crippen molar-refractivity contribution in [2.24, 2.45) is 0 Å². The normalized spacial score (nSPS) is 13.5. The molecule has 0 saturated carbocycles. The first kappa shape index (κ1) is 17.0. The molecule has 0 spiro atoms. The maximum Gasteiger partial charge on any atom is 0.268 e. The van der Waals surface area contributed by atoms with E-state index in [1.165, 1.54) is 12.1 Å². The largest absolute Gasteiger partial charge is 0.352 e. The van der Waals surface area contributed by atoms with Crippen LogP contribution in [-0.2, 0) is 11.3 Å². The van der Waals surface area contributed by atoms with Crippen LogP contribution in [0, 0.1) is 5.82 Å². The van der Waals surface area contributed by atoms with E-state index >= 15 is 0 Å². The number of nitrogens with one attached hydrogen (secondary N) is 3. The monoisotopic (exact) mass is 364 g/mol. The SMILES string of the molecule is O=C(CC1=CCNC(=O)c2[nH]c3ccc(F)cc3c21)NCc1ccncc1. The van der Waals surface area contributed by atoms with E-state index in [-0.39, 0.29) is 18.2 Å². The molecule has 3 heterocycles. The molecular weight excluding hydrogens is 347 g/mol. The predicted octanol–water partition coefficient (Wildman–Crippen LogP) is 2.54. The van der Waals surface area contributed by atoms with Crippen molar-refractivity contribution in [1.82, 2.24) is 20.6 Å². The van der Waals surface area contributed by atoms with E-state index in [4.69, 9.17) is 0 Å². The Hall–Kier alpha value is -3.48. The van der Waals surface area contributed by atoms with E-state index in [9.17, 15) is 14.0 Å². The molecule has 4 rings (SSSR count). The summed E-state index contributed by atoms with van der Waals surface area (Å²) in [6.45, 7) is 0.701. The number of aromatic nitrogens is 2. The lowest BCUT2D eigenvalue weighted by Gasteiger charge is -2.09. The molecule has 136 valence electrons. The Morgan fingerprint density at radius 1 is 1.22 bits per heavy atom. The van der Waals surface area contributed by atoms with Crippen LogP contribution in [0.25, 0.3) is 16.5 Å². The van der Waals surface area contributed by atoms with Crippen LogP contribution in [0.15, 0.2) is 48.8 Å². The third kappa shape index (κ3) is 3.44. The average Bonchev–Trinajstić information content (AvgIpc) is 2.97. The zero-order chi connectivity index (χ0) is 18.8. The molecule has 2 aromatic heterocycles.